The van der Waals surface area contributed by atoms with E-state index in [0.717, 1.165) is 51.2 Å². The van der Waals surface area contributed by atoms with Gasteiger partial charge in [0.2, 0.25) is 0 Å². The van der Waals surface area contributed by atoms with Crippen molar-refractivity contribution in [1.29, 1.82) is 0 Å². The summed E-state index contributed by atoms with van der Waals surface area (Å²) in [5, 5.41) is 6.44. The molecule has 4 N–H and O–H groups in total. The van der Waals surface area contributed by atoms with E-state index in [0.29, 0.717) is 17.4 Å². The van der Waals surface area contributed by atoms with Crippen LogP contribution in [0.5, 0.6) is 0 Å². The molecule has 0 fully saturated rings. The first-order valence-electron chi connectivity index (χ1n) is 10.1. The van der Waals surface area contributed by atoms with Crippen LogP contribution in [0.2, 0.25) is 0 Å². The van der Waals surface area contributed by atoms with E-state index in [1.54, 1.807) is 0 Å². The molecule has 0 radical (unpaired) electrons. The molecule has 0 aliphatic rings. The summed E-state index contributed by atoms with van der Waals surface area (Å²) in [6, 6.07) is 20.1. The minimum absolute atomic E-state index is 0.194. The third-order valence-electron chi connectivity index (χ3n) is 5.48. The zero-order chi connectivity index (χ0) is 21.4. The van der Waals surface area contributed by atoms with Gasteiger partial charge in [0.15, 0.2) is 5.11 Å². The average molecular weight is 428 g/mol. The Kier molecular flexibility index (Phi) is 4.88. The maximum atomic E-state index is 13.0. The number of H-pyrrole nitrogens is 1. The molecule has 2 heterocycles. The molecule has 3 aromatic carbocycles. The number of aromatic amines is 1. The lowest BCUT2D eigenvalue weighted by Gasteiger charge is -2.06. The molecule has 0 aliphatic heterocycles. The van der Waals surface area contributed by atoms with E-state index < -0.39 is 0 Å². The quantitative estimate of drug-likeness (QED) is 0.225. The number of rotatable bonds is 5. The third kappa shape index (κ3) is 3.64. The molecule has 5 rings (SSSR count). The van der Waals surface area contributed by atoms with Crippen molar-refractivity contribution in [3.05, 3.63) is 77.2 Å². The Hall–Kier alpha value is -3.71. The average Bonchev–Trinajstić information content (AvgIpc) is 3.13. The Balaban J connectivity index is 1.61. The van der Waals surface area contributed by atoms with Gasteiger partial charge in [-0.2, -0.15) is 0 Å². The smallest absolute Gasteiger partial charge is 0.275 e. The second kappa shape index (κ2) is 7.85. The Morgan fingerprint density at radius 2 is 1.84 bits per heavy atom. The van der Waals surface area contributed by atoms with E-state index in [-0.39, 0.29) is 5.56 Å². The Labute approximate surface area is 183 Å². The molecular formula is C24H21N5OS. The highest BCUT2D eigenvalue weighted by Gasteiger charge is 2.15. The van der Waals surface area contributed by atoms with Gasteiger partial charge in [-0.05, 0) is 47.6 Å². The van der Waals surface area contributed by atoms with Gasteiger partial charge >= 0.3 is 0 Å². The lowest BCUT2D eigenvalue weighted by molar-refractivity contribution is 0.649. The lowest BCUT2D eigenvalue weighted by Crippen LogP contribution is -2.30. The molecule has 0 amide bonds. The molecule has 5 aromatic rings. The number of hydrogen-bond acceptors (Lipinski definition) is 3. The third-order valence-corrected chi connectivity index (χ3v) is 5.62. The Bertz CT molecular complexity index is 1500. The van der Waals surface area contributed by atoms with Crippen LogP contribution in [0.1, 0.15) is 6.42 Å². The SMILES string of the molecule is NC(=S)NCCCn1cc(-c2nc3cc4ccccc4cc3[nH]c2=O)c2ccccc21. The van der Waals surface area contributed by atoms with E-state index in [1.165, 1.54) is 0 Å². The van der Waals surface area contributed by atoms with E-state index in [9.17, 15) is 4.79 Å². The normalized spacial score (nSPS) is 11.4. The predicted molar refractivity (Wildman–Crippen MR) is 130 cm³/mol. The molecule has 0 spiro atoms. The summed E-state index contributed by atoms with van der Waals surface area (Å²) in [6.45, 7) is 1.46. The Morgan fingerprint density at radius 1 is 1.10 bits per heavy atom. The van der Waals surface area contributed by atoms with Crippen LogP contribution < -0.4 is 16.6 Å². The molecule has 31 heavy (non-hydrogen) atoms. The van der Waals surface area contributed by atoms with Gasteiger partial charge in [-0.15, -0.1) is 0 Å². The van der Waals surface area contributed by atoms with E-state index in [1.807, 2.05) is 60.8 Å². The first-order chi connectivity index (χ1) is 15.1. The van der Waals surface area contributed by atoms with Gasteiger partial charge in [0, 0.05) is 35.8 Å². The summed E-state index contributed by atoms with van der Waals surface area (Å²) in [7, 11) is 0. The van der Waals surface area contributed by atoms with Crippen molar-refractivity contribution in [3.8, 4) is 11.3 Å². The molecule has 7 heteroatoms. The minimum Gasteiger partial charge on any atom is -0.376 e. The standard InChI is InChI=1S/C24H21N5OS/c25-24(31)26-10-5-11-29-14-18(17-8-3-4-9-21(17)29)22-23(30)28-20-13-16-7-2-1-6-15(16)12-19(20)27-22/h1-4,6-9,12-14H,5,10-11H2,(H,28,30)(H3,25,26,31). The number of hydrogen-bond donors (Lipinski definition) is 3. The van der Waals surface area contributed by atoms with Crippen LogP contribution in [-0.4, -0.2) is 26.2 Å². The van der Waals surface area contributed by atoms with Crippen molar-refractivity contribution in [1.82, 2.24) is 19.9 Å². The number of para-hydroxylation sites is 1. The summed E-state index contributed by atoms with van der Waals surface area (Å²) in [5.74, 6) is 0. The highest BCUT2D eigenvalue weighted by Crippen LogP contribution is 2.29. The van der Waals surface area contributed by atoms with Crippen molar-refractivity contribution in [2.45, 2.75) is 13.0 Å². The number of aromatic nitrogens is 3. The molecule has 0 saturated heterocycles. The van der Waals surface area contributed by atoms with Gasteiger partial charge in [0.25, 0.3) is 5.56 Å². The number of benzene rings is 3. The molecular weight excluding hydrogens is 406 g/mol. The Morgan fingerprint density at radius 3 is 2.65 bits per heavy atom. The number of fused-ring (bicyclic) bond motifs is 3. The highest BCUT2D eigenvalue weighted by atomic mass is 32.1. The predicted octanol–water partition coefficient (Wildman–Crippen LogP) is 3.92. The maximum Gasteiger partial charge on any atom is 0.275 e. The number of nitrogens with one attached hydrogen (secondary N) is 2. The van der Waals surface area contributed by atoms with Crippen molar-refractivity contribution in [2.75, 3.05) is 6.54 Å². The number of aryl methyl sites for hydroxylation is 1. The van der Waals surface area contributed by atoms with Crippen LogP contribution >= 0.6 is 12.2 Å². The number of nitrogens with zero attached hydrogens (tertiary/aromatic N) is 2. The summed E-state index contributed by atoms with van der Waals surface area (Å²) in [4.78, 5) is 20.8. The van der Waals surface area contributed by atoms with Gasteiger partial charge in [-0.1, -0.05) is 42.5 Å². The number of thiocarbonyl (C=S) groups is 1. The summed E-state index contributed by atoms with van der Waals surface area (Å²) >= 11 is 4.87. The first kappa shape index (κ1) is 19.3. The molecule has 6 nitrogen and oxygen atoms in total. The summed E-state index contributed by atoms with van der Waals surface area (Å²) in [5.41, 5.74) is 9.14. The van der Waals surface area contributed by atoms with Crippen LogP contribution in [0.4, 0.5) is 0 Å². The monoisotopic (exact) mass is 427 g/mol. The van der Waals surface area contributed by atoms with Crippen molar-refractivity contribution in [3.63, 3.8) is 0 Å². The van der Waals surface area contributed by atoms with Crippen LogP contribution in [0.3, 0.4) is 0 Å². The molecule has 0 aliphatic carbocycles. The van der Waals surface area contributed by atoms with E-state index >= 15 is 0 Å². The lowest BCUT2D eigenvalue weighted by atomic mass is 10.1. The molecule has 0 bridgehead atoms. The fourth-order valence-electron chi connectivity index (χ4n) is 4.04. The van der Waals surface area contributed by atoms with E-state index in [4.69, 9.17) is 22.9 Å². The highest BCUT2D eigenvalue weighted by molar-refractivity contribution is 7.80. The zero-order valence-corrected chi connectivity index (χ0v) is 17.6. The second-order valence-corrected chi connectivity index (χ2v) is 7.97. The van der Waals surface area contributed by atoms with E-state index in [2.05, 4.69) is 20.9 Å². The molecule has 0 atom stereocenters. The molecule has 2 aromatic heterocycles. The van der Waals surface area contributed by atoms with Gasteiger partial charge in [0.05, 0.1) is 11.0 Å². The van der Waals surface area contributed by atoms with Crippen molar-refractivity contribution in [2.24, 2.45) is 5.73 Å². The van der Waals surface area contributed by atoms with Crippen molar-refractivity contribution >= 4 is 50.0 Å². The van der Waals surface area contributed by atoms with Crippen LogP contribution in [-0.2, 0) is 6.54 Å². The fraction of sp³-hybridized carbons (Fsp3) is 0.125. The van der Waals surface area contributed by atoms with Gasteiger partial charge in [-0.25, -0.2) is 4.98 Å². The number of nitrogens with two attached hydrogens (primary N) is 1. The topological polar surface area (TPSA) is 88.7 Å². The maximum absolute atomic E-state index is 13.0. The minimum atomic E-state index is -0.194. The van der Waals surface area contributed by atoms with Crippen LogP contribution in [0, 0.1) is 0 Å². The largest absolute Gasteiger partial charge is 0.376 e. The molecule has 154 valence electrons. The van der Waals surface area contributed by atoms with Gasteiger partial charge in [0.1, 0.15) is 5.69 Å². The molecule has 0 unspecified atom stereocenters. The van der Waals surface area contributed by atoms with Crippen LogP contribution in [0.25, 0.3) is 44.0 Å². The van der Waals surface area contributed by atoms with Gasteiger partial charge in [-0.3, -0.25) is 4.79 Å². The van der Waals surface area contributed by atoms with Crippen molar-refractivity contribution < 1.29 is 0 Å². The second-order valence-electron chi connectivity index (χ2n) is 7.53. The van der Waals surface area contributed by atoms with Crippen LogP contribution in [0.15, 0.2) is 71.7 Å². The summed E-state index contributed by atoms with van der Waals surface area (Å²) < 4.78 is 2.15. The van der Waals surface area contributed by atoms with Gasteiger partial charge < -0.3 is 20.6 Å². The molecule has 0 saturated carbocycles. The zero-order valence-electron chi connectivity index (χ0n) is 16.8. The summed E-state index contributed by atoms with van der Waals surface area (Å²) in [6.07, 6.45) is 2.86. The fourth-order valence-corrected chi connectivity index (χ4v) is 4.14. The first-order valence-corrected chi connectivity index (χ1v) is 10.6.